The first-order valence-corrected chi connectivity index (χ1v) is 13.8. The van der Waals surface area contributed by atoms with Crippen molar-refractivity contribution in [1.29, 1.82) is 0 Å². The second-order valence-electron chi connectivity index (χ2n) is 8.92. The van der Waals surface area contributed by atoms with Gasteiger partial charge in [-0.2, -0.15) is 13.2 Å². The molecule has 4 rings (SSSR count). The Hall–Kier alpha value is -3.67. The van der Waals surface area contributed by atoms with Gasteiger partial charge in [-0.05, 0) is 23.8 Å². The van der Waals surface area contributed by atoms with Gasteiger partial charge in [-0.3, -0.25) is 13.9 Å². The van der Waals surface area contributed by atoms with Crippen molar-refractivity contribution in [2.24, 2.45) is 5.73 Å². The number of hydrogen-bond acceptors (Lipinski definition) is 5. The molecular formula is C27H23ClF3N3O4S. The molecule has 0 amide bonds. The highest BCUT2D eigenvalue weighted by Gasteiger charge is 2.36. The Balaban J connectivity index is 1.98. The Morgan fingerprint density at radius 1 is 0.923 bits per heavy atom. The second kappa shape index (κ2) is 10.8. The summed E-state index contributed by atoms with van der Waals surface area (Å²) in [7, 11) is -4.12. The van der Waals surface area contributed by atoms with E-state index >= 15 is 0 Å². The third kappa shape index (κ3) is 6.00. The highest BCUT2D eigenvalue weighted by atomic mass is 35.5. The zero-order valence-electron chi connectivity index (χ0n) is 20.5. The number of nitrogens with zero attached hydrogens (tertiary/aromatic N) is 2. The first-order chi connectivity index (χ1) is 18.3. The molecule has 7 nitrogen and oxygen atoms in total. The Kier molecular flexibility index (Phi) is 7.87. The van der Waals surface area contributed by atoms with Crippen molar-refractivity contribution in [2.45, 2.75) is 30.2 Å². The molecule has 0 saturated carbocycles. The summed E-state index contributed by atoms with van der Waals surface area (Å²) in [6.45, 7) is -1.07. The molecule has 204 valence electrons. The molecule has 1 heterocycles. The highest BCUT2D eigenvalue weighted by Crippen LogP contribution is 2.35. The van der Waals surface area contributed by atoms with Crippen molar-refractivity contribution >= 4 is 21.4 Å². The van der Waals surface area contributed by atoms with Crippen molar-refractivity contribution in [3.63, 3.8) is 0 Å². The van der Waals surface area contributed by atoms with Crippen LogP contribution >= 0.6 is 11.6 Å². The van der Waals surface area contributed by atoms with Crippen molar-refractivity contribution in [1.82, 2.24) is 9.13 Å². The smallest absolute Gasteiger partial charge is 0.322 e. The molecule has 39 heavy (non-hydrogen) atoms. The number of sulfone groups is 1. The van der Waals surface area contributed by atoms with Crippen LogP contribution in [-0.4, -0.2) is 23.8 Å². The SMILES string of the molecule is CS(=O)(=O)c1cccc(C(F)(F)F)c1Cn1cc(-c2ccccc2Cl)c(=O)n(C[C@H](N)c2ccccc2)c1=O. The van der Waals surface area contributed by atoms with Crippen LogP contribution in [0.25, 0.3) is 11.1 Å². The summed E-state index contributed by atoms with van der Waals surface area (Å²) in [6.07, 6.45) is -3.03. The molecule has 0 aliphatic rings. The van der Waals surface area contributed by atoms with Gasteiger partial charge in [0.2, 0.25) is 0 Å². The first kappa shape index (κ1) is 28.3. The lowest BCUT2D eigenvalue weighted by Gasteiger charge is -2.20. The Bertz CT molecular complexity index is 1750. The molecule has 12 heteroatoms. The summed E-state index contributed by atoms with van der Waals surface area (Å²) >= 11 is 6.32. The molecule has 3 aromatic carbocycles. The molecule has 4 aromatic rings. The van der Waals surface area contributed by atoms with Gasteiger partial charge < -0.3 is 5.73 Å². The highest BCUT2D eigenvalue weighted by molar-refractivity contribution is 7.90. The van der Waals surface area contributed by atoms with Crippen molar-refractivity contribution < 1.29 is 21.6 Å². The minimum absolute atomic E-state index is 0.0640. The zero-order valence-corrected chi connectivity index (χ0v) is 22.1. The van der Waals surface area contributed by atoms with Gasteiger partial charge in [-0.1, -0.05) is 66.2 Å². The second-order valence-corrected chi connectivity index (χ2v) is 11.3. The molecule has 0 saturated heterocycles. The molecule has 0 bridgehead atoms. The Labute approximate surface area is 226 Å². The lowest BCUT2D eigenvalue weighted by Crippen LogP contribution is -2.43. The van der Waals surface area contributed by atoms with E-state index in [9.17, 15) is 31.2 Å². The lowest BCUT2D eigenvalue weighted by atomic mass is 10.1. The van der Waals surface area contributed by atoms with Gasteiger partial charge in [-0.25, -0.2) is 13.2 Å². The fraction of sp³-hybridized carbons (Fsp3) is 0.185. The summed E-state index contributed by atoms with van der Waals surface area (Å²) in [5.74, 6) is 0. The quantitative estimate of drug-likeness (QED) is 0.348. The van der Waals surface area contributed by atoms with Gasteiger partial charge in [0, 0.05) is 34.6 Å². The van der Waals surface area contributed by atoms with E-state index in [-0.39, 0.29) is 22.7 Å². The summed E-state index contributed by atoms with van der Waals surface area (Å²) in [5.41, 5.74) is 3.54. The number of hydrogen-bond donors (Lipinski definition) is 1. The molecule has 1 atom stereocenters. The van der Waals surface area contributed by atoms with E-state index in [0.717, 1.165) is 39.8 Å². The summed E-state index contributed by atoms with van der Waals surface area (Å²) in [5, 5.41) is 0.172. The van der Waals surface area contributed by atoms with Crippen LogP contribution in [0.15, 0.2) is 93.5 Å². The van der Waals surface area contributed by atoms with Crippen LogP contribution in [-0.2, 0) is 29.1 Å². The van der Waals surface area contributed by atoms with Crippen LogP contribution in [0.1, 0.15) is 22.7 Å². The first-order valence-electron chi connectivity index (χ1n) is 11.6. The Morgan fingerprint density at radius 3 is 2.18 bits per heavy atom. The van der Waals surface area contributed by atoms with E-state index in [0.29, 0.717) is 5.56 Å². The normalized spacial score (nSPS) is 12.9. The molecule has 2 N–H and O–H groups in total. The van der Waals surface area contributed by atoms with E-state index in [1.54, 1.807) is 42.5 Å². The van der Waals surface area contributed by atoms with Crippen LogP contribution < -0.4 is 17.0 Å². The topological polar surface area (TPSA) is 104 Å². The monoisotopic (exact) mass is 577 g/mol. The number of rotatable bonds is 7. The fourth-order valence-corrected chi connectivity index (χ4v) is 5.49. The van der Waals surface area contributed by atoms with Crippen LogP contribution in [0.5, 0.6) is 0 Å². The van der Waals surface area contributed by atoms with Crippen molar-refractivity contribution in [3.05, 3.63) is 122 Å². The van der Waals surface area contributed by atoms with E-state index in [4.69, 9.17) is 17.3 Å². The van der Waals surface area contributed by atoms with E-state index in [1.165, 1.54) is 12.1 Å². The molecule has 0 spiro atoms. The van der Waals surface area contributed by atoms with Crippen LogP contribution in [0, 0.1) is 0 Å². The van der Waals surface area contributed by atoms with Crippen molar-refractivity contribution in [3.8, 4) is 11.1 Å². The standard InChI is InChI=1S/C27H23ClF3N3O4S/c1-39(37,38)24-13-7-11-21(27(29,30)31)20(24)15-33-14-19(18-10-5-6-12-22(18)28)25(35)34(26(33)36)16-23(32)17-8-3-2-4-9-17/h2-14,23H,15-16,32H2,1H3/t23-/m0/s1. The van der Waals surface area contributed by atoms with Crippen molar-refractivity contribution in [2.75, 3.05) is 6.26 Å². The number of aromatic nitrogens is 2. The van der Waals surface area contributed by atoms with E-state index < -0.39 is 55.9 Å². The largest absolute Gasteiger partial charge is 0.416 e. The number of nitrogens with two attached hydrogens (primary N) is 1. The van der Waals surface area contributed by atoms with E-state index in [2.05, 4.69) is 0 Å². The third-order valence-electron chi connectivity index (χ3n) is 6.17. The minimum atomic E-state index is -4.91. The lowest BCUT2D eigenvalue weighted by molar-refractivity contribution is -0.138. The summed E-state index contributed by atoms with van der Waals surface area (Å²) < 4.78 is 68.4. The molecule has 1 aromatic heterocycles. The van der Waals surface area contributed by atoms with Gasteiger partial charge in [0.1, 0.15) is 0 Å². The van der Waals surface area contributed by atoms with Gasteiger partial charge in [0.15, 0.2) is 9.84 Å². The zero-order chi connectivity index (χ0) is 28.5. The summed E-state index contributed by atoms with van der Waals surface area (Å²) in [4.78, 5) is 26.5. The minimum Gasteiger partial charge on any atom is -0.322 e. The van der Waals surface area contributed by atoms with Gasteiger partial charge in [0.05, 0.1) is 29.1 Å². The van der Waals surface area contributed by atoms with Crippen LogP contribution in [0.3, 0.4) is 0 Å². The molecule has 0 aliphatic carbocycles. The maximum Gasteiger partial charge on any atom is 0.416 e. The van der Waals surface area contributed by atoms with Gasteiger partial charge in [-0.15, -0.1) is 0 Å². The van der Waals surface area contributed by atoms with Gasteiger partial charge >= 0.3 is 11.9 Å². The predicted molar refractivity (Wildman–Crippen MR) is 142 cm³/mol. The average Bonchev–Trinajstić information content (AvgIpc) is 2.88. The Morgan fingerprint density at radius 2 is 1.56 bits per heavy atom. The molecule has 0 aliphatic heterocycles. The number of halogens is 4. The fourth-order valence-electron chi connectivity index (χ4n) is 4.31. The molecule has 0 fully saturated rings. The average molecular weight is 578 g/mol. The molecular weight excluding hydrogens is 555 g/mol. The third-order valence-corrected chi connectivity index (χ3v) is 7.69. The summed E-state index contributed by atoms with van der Waals surface area (Å²) in [6, 6.07) is 16.9. The maximum absolute atomic E-state index is 13.9. The number of alkyl halides is 3. The molecule has 0 radical (unpaired) electrons. The van der Waals surface area contributed by atoms with E-state index in [1.807, 2.05) is 0 Å². The number of benzene rings is 3. The predicted octanol–water partition coefficient (Wildman–Crippen LogP) is 4.50. The van der Waals surface area contributed by atoms with Gasteiger partial charge in [0.25, 0.3) is 5.56 Å². The van der Waals surface area contributed by atoms with Crippen LogP contribution in [0.2, 0.25) is 5.02 Å². The maximum atomic E-state index is 13.9. The van der Waals surface area contributed by atoms with Crippen LogP contribution in [0.4, 0.5) is 13.2 Å². The molecule has 0 unspecified atom stereocenters.